The molecule has 1 rings (SSSR count). The smallest absolute Gasteiger partial charge is 0.0150 e. The fourth-order valence-corrected chi connectivity index (χ4v) is 1.29. The van der Waals surface area contributed by atoms with Crippen LogP contribution in [0.1, 0.15) is 19.8 Å². The summed E-state index contributed by atoms with van der Waals surface area (Å²) < 4.78 is 0. The van der Waals surface area contributed by atoms with E-state index in [1.165, 1.54) is 12.1 Å². The third-order valence-corrected chi connectivity index (χ3v) is 1.99. The van der Waals surface area contributed by atoms with E-state index in [9.17, 15) is 0 Å². The number of rotatable bonds is 2. The van der Waals surface area contributed by atoms with E-state index in [0.29, 0.717) is 5.92 Å². The minimum absolute atomic E-state index is 0.691. The molecular weight excluding hydrogens is 122 g/mol. The SMILES string of the molecule is C=C1NCCC1C/C=C\C. The third kappa shape index (κ3) is 1.63. The van der Waals surface area contributed by atoms with Gasteiger partial charge in [-0.1, -0.05) is 18.7 Å². The summed E-state index contributed by atoms with van der Waals surface area (Å²) >= 11 is 0. The monoisotopic (exact) mass is 137 g/mol. The van der Waals surface area contributed by atoms with Gasteiger partial charge < -0.3 is 5.32 Å². The molecule has 0 saturated carbocycles. The first kappa shape index (κ1) is 7.39. The van der Waals surface area contributed by atoms with Crippen LogP contribution in [-0.4, -0.2) is 6.54 Å². The van der Waals surface area contributed by atoms with Crippen LogP contribution in [0.25, 0.3) is 0 Å². The molecule has 0 aromatic carbocycles. The van der Waals surface area contributed by atoms with Crippen molar-refractivity contribution in [3.05, 3.63) is 24.4 Å². The van der Waals surface area contributed by atoms with E-state index in [2.05, 4.69) is 31.0 Å². The van der Waals surface area contributed by atoms with Crippen LogP contribution in [-0.2, 0) is 0 Å². The summed E-state index contributed by atoms with van der Waals surface area (Å²) in [6.45, 7) is 7.12. The van der Waals surface area contributed by atoms with E-state index in [0.717, 1.165) is 13.0 Å². The van der Waals surface area contributed by atoms with Gasteiger partial charge in [-0.2, -0.15) is 0 Å². The van der Waals surface area contributed by atoms with Crippen LogP contribution in [0.5, 0.6) is 0 Å². The zero-order valence-corrected chi connectivity index (χ0v) is 6.56. The Morgan fingerprint density at radius 2 is 2.60 bits per heavy atom. The first-order valence-corrected chi connectivity index (χ1v) is 3.88. The normalized spacial score (nSPS) is 25.7. The molecule has 0 amide bonds. The van der Waals surface area contributed by atoms with Gasteiger partial charge in [0.2, 0.25) is 0 Å². The van der Waals surface area contributed by atoms with Crippen molar-refractivity contribution in [3.63, 3.8) is 0 Å². The maximum absolute atomic E-state index is 3.94. The van der Waals surface area contributed by atoms with Gasteiger partial charge in [-0.05, 0) is 19.8 Å². The van der Waals surface area contributed by atoms with E-state index < -0.39 is 0 Å². The van der Waals surface area contributed by atoms with Crippen LogP contribution in [0.4, 0.5) is 0 Å². The van der Waals surface area contributed by atoms with Gasteiger partial charge in [-0.15, -0.1) is 0 Å². The van der Waals surface area contributed by atoms with Gasteiger partial charge in [-0.25, -0.2) is 0 Å². The van der Waals surface area contributed by atoms with E-state index >= 15 is 0 Å². The highest BCUT2D eigenvalue weighted by atomic mass is 14.9. The van der Waals surface area contributed by atoms with Crippen molar-refractivity contribution in [1.82, 2.24) is 5.32 Å². The lowest BCUT2D eigenvalue weighted by Crippen LogP contribution is -2.04. The Kier molecular flexibility index (Phi) is 2.55. The average Bonchev–Trinajstić information content (AvgIpc) is 2.31. The number of hydrogen-bond acceptors (Lipinski definition) is 1. The molecule has 0 radical (unpaired) electrons. The van der Waals surface area contributed by atoms with Crippen LogP contribution < -0.4 is 5.32 Å². The quantitative estimate of drug-likeness (QED) is 0.574. The molecule has 56 valence electrons. The van der Waals surface area contributed by atoms with E-state index in [-0.39, 0.29) is 0 Å². The number of hydrogen-bond donors (Lipinski definition) is 1. The van der Waals surface area contributed by atoms with Gasteiger partial charge >= 0.3 is 0 Å². The van der Waals surface area contributed by atoms with E-state index in [1.807, 2.05) is 0 Å². The van der Waals surface area contributed by atoms with Crippen molar-refractivity contribution in [3.8, 4) is 0 Å². The highest BCUT2D eigenvalue weighted by molar-refractivity contribution is 5.05. The topological polar surface area (TPSA) is 12.0 Å². The molecule has 0 bridgehead atoms. The first-order chi connectivity index (χ1) is 4.84. The highest BCUT2D eigenvalue weighted by Crippen LogP contribution is 2.20. The molecule has 1 saturated heterocycles. The molecule has 1 aliphatic heterocycles. The molecule has 1 N–H and O–H groups in total. The van der Waals surface area contributed by atoms with E-state index in [1.54, 1.807) is 0 Å². The molecule has 0 aromatic heterocycles. The zero-order valence-electron chi connectivity index (χ0n) is 6.56. The highest BCUT2D eigenvalue weighted by Gasteiger charge is 2.16. The molecule has 0 spiro atoms. The Hall–Kier alpha value is -0.720. The Bertz CT molecular complexity index is 147. The molecule has 1 heteroatoms. The Balaban J connectivity index is 2.33. The van der Waals surface area contributed by atoms with Crippen LogP contribution >= 0.6 is 0 Å². The zero-order chi connectivity index (χ0) is 7.40. The van der Waals surface area contributed by atoms with Gasteiger partial charge in [0.25, 0.3) is 0 Å². The predicted molar refractivity (Wildman–Crippen MR) is 44.7 cm³/mol. The Morgan fingerprint density at radius 3 is 3.10 bits per heavy atom. The maximum Gasteiger partial charge on any atom is 0.0150 e. The molecule has 0 aliphatic carbocycles. The van der Waals surface area contributed by atoms with Crippen molar-refractivity contribution in [1.29, 1.82) is 0 Å². The third-order valence-electron chi connectivity index (χ3n) is 1.99. The summed E-state index contributed by atoms with van der Waals surface area (Å²) in [6, 6.07) is 0. The molecular formula is C9H15N. The molecule has 1 unspecified atom stereocenters. The van der Waals surface area contributed by atoms with Crippen LogP contribution in [0.15, 0.2) is 24.4 Å². The second-order valence-corrected chi connectivity index (χ2v) is 2.74. The number of nitrogens with one attached hydrogen (secondary N) is 1. The van der Waals surface area contributed by atoms with Gasteiger partial charge in [-0.3, -0.25) is 0 Å². The fourth-order valence-electron chi connectivity index (χ4n) is 1.29. The molecule has 10 heavy (non-hydrogen) atoms. The van der Waals surface area contributed by atoms with Crippen LogP contribution in [0, 0.1) is 5.92 Å². The minimum Gasteiger partial charge on any atom is -0.389 e. The van der Waals surface area contributed by atoms with E-state index in [4.69, 9.17) is 0 Å². The second-order valence-electron chi connectivity index (χ2n) is 2.74. The summed E-state index contributed by atoms with van der Waals surface area (Å²) in [6.07, 6.45) is 6.72. The van der Waals surface area contributed by atoms with Gasteiger partial charge in [0, 0.05) is 18.2 Å². The van der Waals surface area contributed by atoms with Crippen LogP contribution in [0.3, 0.4) is 0 Å². The van der Waals surface area contributed by atoms with Crippen LogP contribution in [0.2, 0.25) is 0 Å². The van der Waals surface area contributed by atoms with Gasteiger partial charge in [0.15, 0.2) is 0 Å². The minimum atomic E-state index is 0.691. The van der Waals surface area contributed by atoms with Crippen molar-refractivity contribution < 1.29 is 0 Å². The first-order valence-electron chi connectivity index (χ1n) is 3.88. The van der Waals surface area contributed by atoms with Crippen molar-refractivity contribution >= 4 is 0 Å². The molecule has 1 atom stereocenters. The fraction of sp³-hybridized carbons (Fsp3) is 0.556. The lowest BCUT2D eigenvalue weighted by molar-refractivity contribution is 0.653. The van der Waals surface area contributed by atoms with Gasteiger partial charge in [0.1, 0.15) is 0 Å². The van der Waals surface area contributed by atoms with Crippen molar-refractivity contribution in [2.24, 2.45) is 5.92 Å². The lowest BCUT2D eigenvalue weighted by atomic mass is 10.0. The van der Waals surface area contributed by atoms with Gasteiger partial charge in [0.05, 0.1) is 0 Å². The standard InChI is InChI=1S/C9H15N/c1-3-4-5-9-6-7-10-8(9)2/h3-4,9-10H,2,5-7H2,1H3/b4-3-. The summed E-state index contributed by atoms with van der Waals surface area (Å²) in [7, 11) is 0. The van der Waals surface area contributed by atoms with Crippen molar-refractivity contribution in [2.75, 3.05) is 6.54 Å². The van der Waals surface area contributed by atoms with Crippen molar-refractivity contribution in [2.45, 2.75) is 19.8 Å². The largest absolute Gasteiger partial charge is 0.389 e. The Labute approximate surface area is 62.8 Å². The summed E-state index contributed by atoms with van der Waals surface area (Å²) in [5, 5.41) is 3.25. The second kappa shape index (κ2) is 3.45. The molecule has 1 fully saturated rings. The maximum atomic E-state index is 3.94. The Morgan fingerprint density at radius 1 is 1.80 bits per heavy atom. The molecule has 1 aliphatic rings. The average molecular weight is 137 g/mol. The summed E-state index contributed by atoms with van der Waals surface area (Å²) in [5.41, 5.74) is 1.22. The molecule has 0 aromatic rings. The summed E-state index contributed by atoms with van der Waals surface area (Å²) in [4.78, 5) is 0. The molecule has 1 heterocycles. The predicted octanol–water partition coefficient (Wildman–Crippen LogP) is 2.08. The summed E-state index contributed by atoms with van der Waals surface area (Å²) in [5.74, 6) is 0.691. The number of allylic oxidation sites excluding steroid dienone is 3. The molecule has 1 nitrogen and oxygen atoms in total. The lowest BCUT2D eigenvalue weighted by Gasteiger charge is -2.04.